The molecule has 0 heterocycles. The van der Waals surface area contributed by atoms with Crippen LogP contribution in [0.2, 0.25) is 0 Å². The van der Waals surface area contributed by atoms with E-state index < -0.39 is 6.61 Å². The molecule has 0 bridgehead atoms. The summed E-state index contributed by atoms with van der Waals surface area (Å²) >= 11 is 3.14. The molecule has 0 radical (unpaired) electrons. The lowest BCUT2D eigenvalue weighted by atomic mass is 10.1. The summed E-state index contributed by atoms with van der Waals surface area (Å²) in [4.78, 5) is 0. The number of alkyl halides is 2. The van der Waals surface area contributed by atoms with Gasteiger partial charge in [0.15, 0.2) is 0 Å². The van der Waals surface area contributed by atoms with Gasteiger partial charge in [-0.25, -0.2) is 4.39 Å². The zero-order chi connectivity index (χ0) is 15.4. The topological polar surface area (TPSA) is 21.3 Å². The van der Waals surface area contributed by atoms with E-state index in [1.807, 2.05) is 6.92 Å². The second-order valence-corrected chi connectivity index (χ2v) is 5.30. The van der Waals surface area contributed by atoms with Gasteiger partial charge in [0.25, 0.3) is 0 Å². The molecule has 112 valence electrons. The van der Waals surface area contributed by atoms with Gasteiger partial charge >= 0.3 is 6.61 Å². The maximum atomic E-state index is 13.2. The van der Waals surface area contributed by atoms with Crippen molar-refractivity contribution in [1.29, 1.82) is 0 Å². The summed E-state index contributed by atoms with van der Waals surface area (Å²) < 4.78 is 42.0. The largest absolute Gasteiger partial charge is 0.435 e. The van der Waals surface area contributed by atoms with E-state index in [2.05, 4.69) is 26.0 Å². The molecule has 0 aliphatic heterocycles. The highest BCUT2D eigenvalue weighted by Gasteiger charge is 2.09. The van der Waals surface area contributed by atoms with Crippen LogP contribution in [0.25, 0.3) is 0 Å². The summed E-state index contributed by atoms with van der Waals surface area (Å²) in [6.45, 7) is -0.914. The van der Waals surface area contributed by atoms with E-state index in [9.17, 15) is 13.2 Å². The first-order chi connectivity index (χ1) is 9.95. The molecule has 0 spiro atoms. The lowest BCUT2D eigenvalue weighted by Gasteiger charge is -2.16. The molecule has 1 atom stereocenters. The molecule has 2 aromatic carbocycles. The average Bonchev–Trinajstić information content (AvgIpc) is 2.43. The Bertz CT molecular complexity index is 604. The fourth-order valence-corrected chi connectivity index (χ4v) is 2.24. The van der Waals surface area contributed by atoms with Crippen LogP contribution >= 0.6 is 15.9 Å². The smallest absolute Gasteiger partial charge is 0.387 e. The summed E-state index contributed by atoms with van der Waals surface area (Å²) in [5.74, 6) is -0.216. The number of rotatable bonds is 5. The Kier molecular flexibility index (Phi) is 5.12. The number of halogens is 4. The van der Waals surface area contributed by atoms with E-state index in [0.29, 0.717) is 4.47 Å². The van der Waals surface area contributed by atoms with Gasteiger partial charge in [0.2, 0.25) is 0 Å². The molecule has 0 amide bonds. The molecule has 6 heteroatoms. The average molecular weight is 360 g/mol. The summed E-state index contributed by atoms with van der Waals surface area (Å²) in [7, 11) is 0. The van der Waals surface area contributed by atoms with Gasteiger partial charge in [-0.2, -0.15) is 8.78 Å². The quantitative estimate of drug-likeness (QED) is 0.775. The van der Waals surface area contributed by atoms with Crippen molar-refractivity contribution < 1.29 is 17.9 Å². The number of ether oxygens (including phenoxy) is 1. The van der Waals surface area contributed by atoms with E-state index in [1.54, 1.807) is 24.3 Å². The third kappa shape index (κ3) is 4.39. The van der Waals surface area contributed by atoms with E-state index in [4.69, 9.17) is 0 Å². The van der Waals surface area contributed by atoms with Crippen molar-refractivity contribution in [2.45, 2.75) is 19.6 Å². The van der Waals surface area contributed by atoms with Gasteiger partial charge in [-0.05, 0) is 64.8 Å². The van der Waals surface area contributed by atoms with Crippen molar-refractivity contribution in [3.05, 3.63) is 58.3 Å². The Labute approximate surface area is 129 Å². The number of hydrogen-bond acceptors (Lipinski definition) is 2. The van der Waals surface area contributed by atoms with Crippen LogP contribution in [0.5, 0.6) is 5.75 Å². The third-order valence-corrected chi connectivity index (χ3v) is 3.51. The van der Waals surface area contributed by atoms with Crippen molar-refractivity contribution in [3.8, 4) is 5.75 Å². The molecule has 2 rings (SSSR count). The minimum absolute atomic E-state index is 0.0660. The maximum Gasteiger partial charge on any atom is 0.387 e. The van der Waals surface area contributed by atoms with Gasteiger partial charge in [0.05, 0.1) is 4.47 Å². The van der Waals surface area contributed by atoms with E-state index in [-0.39, 0.29) is 17.6 Å². The summed E-state index contributed by atoms with van der Waals surface area (Å²) in [5.41, 5.74) is 1.65. The zero-order valence-corrected chi connectivity index (χ0v) is 12.7. The van der Waals surface area contributed by atoms with Gasteiger partial charge in [0, 0.05) is 11.7 Å². The molecule has 0 saturated heterocycles. The minimum atomic E-state index is -2.83. The minimum Gasteiger partial charge on any atom is -0.435 e. The maximum absolute atomic E-state index is 13.2. The molecule has 0 aliphatic rings. The van der Waals surface area contributed by atoms with Crippen LogP contribution in [0.3, 0.4) is 0 Å². The number of benzene rings is 2. The normalized spacial score (nSPS) is 12.3. The lowest BCUT2D eigenvalue weighted by Crippen LogP contribution is -2.07. The van der Waals surface area contributed by atoms with Crippen molar-refractivity contribution in [2.24, 2.45) is 0 Å². The van der Waals surface area contributed by atoms with Gasteiger partial charge in [-0.3, -0.25) is 0 Å². The van der Waals surface area contributed by atoms with Crippen molar-refractivity contribution in [2.75, 3.05) is 5.32 Å². The monoisotopic (exact) mass is 359 g/mol. The number of hydrogen-bond donors (Lipinski definition) is 1. The van der Waals surface area contributed by atoms with Gasteiger partial charge in [0.1, 0.15) is 11.6 Å². The van der Waals surface area contributed by atoms with Crippen molar-refractivity contribution in [3.63, 3.8) is 0 Å². The predicted molar refractivity (Wildman–Crippen MR) is 79.2 cm³/mol. The molecule has 0 fully saturated rings. The number of nitrogens with one attached hydrogen (secondary N) is 1. The third-order valence-electron chi connectivity index (χ3n) is 2.91. The van der Waals surface area contributed by atoms with Crippen LogP contribution in [0.1, 0.15) is 18.5 Å². The fourth-order valence-electron chi connectivity index (χ4n) is 1.85. The van der Waals surface area contributed by atoms with Gasteiger partial charge in [-0.1, -0.05) is 6.07 Å². The predicted octanol–water partition coefficient (Wildman–Crippen LogP) is 5.36. The van der Waals surface area contributed by atoms with Crippen molar-refractivity contribution in [1.82, 2.24) is 0 Å². The Morgan fingerprint density at radius 2 is 1.76 bits per heavy atom. The molecule has 1 N–H and O–H groups in total. The molecular formula is C15H13BrF3NO. The molecular weight excluding hydrogens is 347 g/mol. The summed E-state index contributed by atoms with van der Waals surface area (Å²) in [6.07, 6.45) is 0. The van der Waals surface area contributed by atoms with E-state index >= 15 is 0 Å². The molecule has 0 saturated carbocycles. The Balaban J connectivity index is 2.04. The van der Waals surface area contributed by atoms with Gasteiger partial charge < -0.3 is 10.1 Å². The second kappa shape index (κ2) is 6.85. The first-order valence-corrected chi connectivity index (χ1v) is 7.01. The molecule has 0 aliphatic carbocycles. The Morgan fingerprint density at radius 3 is 2.33 bits per heavy atom. The van der Waals surface area contributed by atoms with Crippen LogP contribution in [0.4, 0.5) is 18.9 Å². The van der Waals surface area contributed by atoms with Crippen LogP contribution < -0.4 is 10.1 Å². The SMILES string of the molecule is CC(Nc1ccc(OC(F)F)cc1)c1ccc(F)c(Br)c1. The van der Waals surface area contributed by atoms with Gasteiger partial charge in [-0.15, -0.1) is 0 Å². The first kappa shape index (κ1) is 15.7. The highest BCUT2D eigenvalue weighted by atomic mass is 79.9. The number of anilines is 1. The van der Waals surface area contributed by atoms with Crippen molar-refractivity contribution >= 4 is 21.6 Å². The molecule has 2 nitrogen and oxygen atoms in total. The van der Waals surface area contributed by atoms with E-state index in [1.165, 1.54) is 18.2 Å². The molecule has 0 aromatic heterocycles. The zero-order valence-electron chi connectivity index (χ0n) is 11.1. The van der Waals surface area contributed by atoms with Crippen LogP contribution in [0.15, 0.2) is 46.9 Å². The molecule has 1 unspecified atom stereocenters. The highest BCUT2D eigenvalue weighted by molar-refractivity contribution is 9.10. The molecule has 2 aromatic rings. The molecule has 21 heavy (non-hydrogen) atoms. The Hall–Kier alpha value is -1.69. The highest BCUT2D eigenvalue weighted by Crippen LogP contribution is 2.25. The first-order valence-electron chi connectivity index (χ1n) is 6.22. The van der Waals surface area contributed by atoms with Crippen LogP contribution in [-0.2, 0) is 0 Å². The van der Waals surface area contributed by atoms with E-state index in [0.717, 1.165) is 11.3 Å². The fraction of sp³-hybridized carbons (Fsp3) is 0.200. The van der Waals surface area contributed by atoms with Crippen LogP contribution in [-0.4, -0.2) is 6.61 Å². The Morgan fingerprint density at radius 1 is 1.10 bits per heavy atom. The lowest BCUT2D eigenvalue weighted by molar-refractivity contribution is -0.0498. The van der Waals surface area contributed by atoms with Crippen LogP contribution in [0, 0.1) is 5.82 Å². The summed E-state index contributed by atoms with van der Waals surface area (Å²) in [6, 6.07) is 10.9. The standard InChI is InChI=1S/C15H13BrF3NO/c1-9(10-2-7-14(17)13(16)8-10)20-11-3-5-12(6-4-11)21-15(18)19/h2-9,15,20H,1H3. The second-order valence-electron chi connectivity index (χ2n) is 4.44. The summed E-state index contributed by atoms with van der Waals surface area (Å²) in [5, 5.41) is 3.20.